The van der Waals surface area contributed by atoms with E-state index in [0.29, 0.717) is 23.6 Å². The molecule has 3 nitrogen and oxygen atoms in total. The molecule has 0 heterocycles. The molecule has 112 valence electrons. The third-order valence-electron chi connectivity index (χ3n) is 5.30. The number of aliphatic hydroxyl groups excluding tert-OH is 1. The van der Waals surface area contributed by atoms with Crippen LogP contribution in [0.15, 0.2) is 0 Å². The third-order valence-corrected chi connectivity index (χ3v) is 5.30. The summed E-state index contributed by atoms with van der Waals surface area (Å²) in [4.78, 5) is 0. The number of ether oxygens (including phenoxy) is 1. The molecular weight excluding hydrogens is 238 g/mol. The Hall–Kier alpha value is -0.120. The highest BCUT2D eigenvalue weighted by molar-refractivity contribution is 5.13. The van der Waals surface area contributed by atoms with E-state index in [1.54, 1.807) is 0 Å². The summed E-state index contributed by atoms with van der Waals surface area (Å²) in [6.07, 6.45) is 6.43. The van der Waals surface area contributed by atoms with Crippen LogP contribution in [0.2, 0.25) is 0 Å². The Morgan fingerprint density at radius 3 is 2.47 bits per heavy atom. The van der Waals surface area contributed by atoms with Crippen LogP contribution in [0.1, 0.15) is 59.8 Å². The maximum atomic E-state index is 9.28. The summed E-state index contributed by atoms with van der Waals surface area (Å²) < 4.78 is 5.90. The molecule has 2 N–H and O–H groups in total. The Kier molecular flexibility index (Phi) is 4.59. The molecule has 19 heavy (non-hydrogen) atoms. The van der Waals surface area contributed by atoms with Gasteiger partial charge in [-0.15, -0.1) is 0 Å². The Balaban J connectivity index is 1.95. The van der Waals surface area contributed by atoms with Crippen LogP contribution in [0, 0.1) is 10.8 Å². The van der Waals surface area contributed by atoms with E-state index >= 15 is 0 Å². The smallest absolute Gasteiger partial charge is 0.0661 e. The predicted molar refractivity (Wildman–Crippen MR) is 78.2 cm³/mol. The quantitative estimate of drug-likeness (QED) is 0.779. The molecule has 0 aliphatic heterocycles. The molecular formula is C16H31NO2. The first kappa shape index (κ1) is 15.3. The normalized spacial score (nSPS) is 30.8. The molecule has 0 aromatic carbocycles. The molecule has 3 atom stereocenters. The van der Waals surface area contributed by atoms with E-state index in [4.69, 9.17) is 4.74 Å². The summed E-state index contributed by atoms with van der Waals surface area (Å²) >= 11 is 0. The maximum absolute atomic E-state index is 9.28. The lowest BCUT2D eigenvalue weighted by Gasteiger charge is -2.62. The van der Waals surface area contributed by atoms with Crippen LogP contribution in [-0.2, 0) is 4.74 Å². The number of nitrogens with one attached hydrogen (secondary N) is 1. The highest BCUT2D eigenvalue weighted by Crippen LogP contribution is 2.57. The molecule has 2 rings (SSSR count). The van der Waals surface area contributed by atoms with Crippen molar-refractivity contribution in [2.24, 2.45) is 10.8 Å². The summed E-state index contributed by atoms with van der Waals surface area (Å²) in [5.41, 5.74) is 0.610. The van der Waals surface area contributed by atoms with E-state index in [2.05, 4.69) is 33.0 Å². The molecule has 0 radical (unpaired) electrons. The lowest BCUT2D eigenvalue weighted by molar-refractivity contribution is -0.177. The minimum atomic E-state index is 0.199. The van der Waals surface area contributed by atoms with E-state index in [1.165, 1.54) is 19.3 Å². The highest BCUT2D eigenvalue weighted by Gasteiger charge is 2.59. The summed E-state index contributed by atoms with van der Waals surface area (Å²) in [5.74, 6) is 0. The first-order valence-electron chi connectivity index (χ1n) is 7.92. The third kappa shape index (κ3) is 2.84. The van der Waals surface area contributed by atoms with E-state index in [9.17, 15) is 5.11 Å². The van der Waals surface area contributed by atoms with Gasteiger partial charge in [0.2, 0.25) is 0 Å². The zero-order valence-corrected chi connectivity index (χ0v) is 13.0. The van der Waals surface area contributed by atoms with Crippen molar-refractivity contribution in [3.05, 3.63) is 0 Å². The molecule has 2 aliphatic carbocycles. The summed E-state index contributed by atoms with van der Waals surface area (Å²) in [5, 5.41) is 13.1. The lowest BCUT2D eigenvalue weighted by atomic mass is 9.50. The Labute approximate surface area is 118 Å². The molecule has 3 heteroatoms. The minimum absolute atomic E-state index is 0.199. The van der Waals surface area contributed by atoms with Gasteiger partial charge in [-0.2, -0.15) is 0 Å². The van der Waals surface area contributed by atoms with Gasteiger partial charge in [0.1, 0.15) is 0 Å². The van der Waals surface area contributed by atoms with Crippen LogP contribution in [0.4, 0.5) is 0 Å². The van der Waals surface area contributed by atoms with Gasteiger partial charge < -0.3 is 15.2 Å². The lowest BCUT2D eigenvalue weighted by Crippen LogP contribution is -2.69. The van der Waals surface area contributed by atoms with Crippen LogP contribution in [0.5, 0.6) is 0 Å². The van der Waals surface area contributed by atoms with E-state index in [1.807, 2.05) is 0 Å². The monoisotopic (exact) mass is 269 g/mol. The number of rotatable bonds is 6. The molecule has 2 fully saturated rings. The van der Waals surface area contributed by atoms with Crippen LogP contribution >= 0.6 is 0 Å². The Morgan fingerprint density at radius 1 is 1.37 bits per heavy atom. The molecule has 0 aromatic heterocycles. The SMILES string of the molecule is CCOC1CC(NC(CCO)C(C)(C)C)C12CCC2. The van der Waals surface area contributed by atoms with Gasteiger partial charge in [-0.1, -0.05) is 27.2 Å². The topological polar surface area (TPSA) is 41.5 Å². The zero-order chi connectivity index (χ0) is 14.1. The standard InChI is InChI=1S/C16H31NO2/c1-5-19-14-11-13(16(14)8-6-9-16)17-12(7-10-18)15(2,3)4/h12-14,17-18H,5-11H2,1-4H3. The molecule has 0 saturated heterocycles. The molecule has 0 bridgehead atoms. The van der Waals surface area contributed by atoms with Crippen molar-refractivity contribution in [1.29, 1.82) is 0 Å². The van der Waals surface area contributed by atoms with Crippen molar-refractivity contribution >= 4 is 0 Å². The molecule has 0 amide bonds. The second-order valence-electron chi connectivity index (χ2n) is 7.42. The van der Waals surface area contributed by atoms with Gasteiger partial charge in [0, 0.05) is 30.7 Å². The van der Waals surface area contributed by atoms with Crippen molar-refractivity contribution in [2.75, 3.05) is 13.2 Å². The fraction of sp³-hybridized carbons (Fsp3) is 1.00. The first-order valence-corrected chi connectivity index (χ1v) is 7.92. The van der Waals surface area contributed by atoms with Gasteiger partial charge >= 0.3 is 0 Å². The average molecular weight is 269 g/mol. The molecule has 1 spiro atoms. The van der Waals surface area contributed by atoms with Gasteiger partial charge in [-0.25, -0.2) is 0 Å². The molecule has 2 saturated carbocycles. The van der Waals surface area contributed by atoms with Crippen molar-refractivity contribution in [3.63, 3.8) is 0 Å². The fourth-order valence-electron chi connectivity index (χ4n) is 3.81. The summed E-state index contributed by atoms with van der Waals surface area (Å²) in [6, 6.07) is 0.983. The van der Waals surface area contributed by atoms with Gasteiger partial charge in [0.05, 0.1) is 6.10 Å². The van der Waals surface area contributed by atoms with Crippen LogP contribution in [0.3, 0.4) is 0 Å². The van der Waals surface area contributed by atoms with Crippen molar-refractivity contribution in [3.8, 4) is 0 Å². The van der Waals surface area contributed by atoms with Crippen LogP contribution in [-0.4, -0.2) is 36.5 Å². The van der Waals surface area contributed by atoms with Gasteiger partial charge in [0.25, 0.3) is 0 Å². The van der Waals surface area contributed by atoms with Crippen molar-refractivity contribution in [1.82, 2.24) is 5.32 Å². The fourth-order valence-corrected chi connectivity index (χ4v) is 3.81. The summed E-state index contributed by atoms with van der Waals surface area (Å²) in [7, 11) is 0. The number of hydrogen-bond acceptors (Lipinski definition) is 3. The van der Waals surface area contributed by atoms with E-state index in [0.717, 1.165) is 19.4 Å². The van der Waals surface area contributed by atoms with Crippen molar-refractivity contribution < 1.29 is 9.84 Å². The zero-order valence-electron chi connectivity index (χ0n) is 13.0. The molecule has 2 aliphatic rings. The predicted octanol–water partition coefficient (Wildman–Crippen LogP) is 2.72. The maximum Gasteiger partial charge on any atom is 0.0661 e. The van der Waals surface area contributed by atoms with Crippen molar-refractivity contribution in [2.45, 2.75) is 78.0 Å². The van der Waals surface area contributed by atoms with E-state index in [-0.39, 0.29) is 12.0 Å². The van der Waals surface area contributed by atoms with Gasteiger partial charge in [0.15, 0.2) is 0 Å². The van der Waals surface area contributed by atoms with E-state index < -0.39 is 0 Å². The molecule has 0 aromatic rings. The van der Waals surface area contributed by atoms with Gasteiger partial charge in [-0.05, 0) is 38.0 Å². The van der Waals surface area contributed by atoms with Crippen LogP contribution < -0.4 is 5.32 Å². The highest BCUT2D eigenvalue weighted by atomic mass is 16.5. The van der Waals surface area contributed by atoms with Gasteiger partial charge in [-0.3, -0.25) is 0 Å². The summed E-state index contributed by atoms with van der Waals surface area (Å²) in [6.45, 7) is 9.96. The van der Waals surface area contributed by atoms with Crippen LogP contribution in [0.25, 0.3) is 0 Å². The molecule has 3 unspecified atom stereocenters. The average Bonchev–Trinajstić information content (AvgIpc) is 2.22. The second kappa shape index (κ2) is 5.71. The minimum Gasteiger partial charge on any atom is -0.396 e. The first-order chi connectivity index (χ1) is 8.94. The second-order valence-corrected chi connectivity index (χ2v) is 7.42. The largest absolute Gasteiger partial charge is 0.396 e. The number of hydrogen-bond donors (Lipinski definition) is 2. The Bertz CT molecular complexity index is 294. The Morgan fingerprint density at radius 2 is 2.05 bits per heavy atom. The number of aliphatic hydroxyl groups is 1.